The number of rotatable bonds is 1. The lowest BCUT2D eigenvalue weighted by atomic mass is 10.1. The smallest absolute Gasteiger partial charge is 0.290 e. The topological polar surface area (TPSA) is 109 Å². The van der Waals surface area contributed by atoms with Crippen molar-refractivity contribution in [1.29, 1.82) is 0 Å². The second-order valence-electron chi connectivity index (χ2n) is 5.15. The summed E-state index contributed by atoms with van der Waals surface area (Å²) in [5.74, 6) is -1.35. The Morgan fingerprint density at radius 1 is 1.43 bits per heavy atom. The van der Waals surface area contributed by atoms with E-state index in [0.29, 0.717) is 19.8 Å². The Labute approximate surface area is 131 Å². The minimum Gasteiger partial charge on any atom is -0.483 e. The summed E-state index contributed by atoms with van der Waals surface area (Å²) in [6.07, 6.45) is 2.38. The van der Waals surface area contributed by atoms with Crippen molar-refractivity contribution in [3.63, 3.8) is 0 Å². The monoisotopic (exact) mass is 325 g/mol. The van der Waals surface area contributed by atoms with E-state index in [1.165, 1.54) is 6.20 Å². The first kappa shape index (κ1) is 16.8. The van der Waals surface area contributed by atoms with E-state index in [0.717, 1.165) is 12.3 Å². The Hall–Kier alpha value is -2.55. The Morgan fingerprint density at radius 2 is 2.17 bits per heavy atom. The van der Waals surface area contributed by atoms with E-state index in [1.807, 2.05) is 0 Å². The Morgan fingerprint density at radius 3 is 2.87 bits per heavy atom. The fourth-order valence-electron chi connectivity index (χ4n) is 2.51. The molecular formula is C14H16FN3O5. The maximum atomic E-state index is 13.1. The van der Waals surface area contributed by atoms with Crippen LogP contribution in [0.1, 0.15) is 10.4 Å². The minimum absolute atomic E-state index is 0.0971. The molecule has 9 heteroatoms. The van der Waals surface area contributed by atoms with Crippen molar-refractivity contribution in [3.8, 4) is 0 Å². The van der Waals surface area contributed by atoms with Crippen molar-refractivity contribution in [3.05, 3.63) is 29.8 Å². The normalized spacial score (nSPS) is 23.0. The van der Waals surface area contributed by atoms with Gasteiger partial charge in [-0.15, -0.1) is 0 Å². The number of fused-ring (bicyclic) bond motifs is 3. The highest BCUT2D eigenvalue weighted by Crippen LogP contribution is 2.16. The molecule has 0 aromatic carbocycles. The first-order chi connectivity index (χ1) is 11.0. The lowest BCUT2D eigenvalue weighted by molar-refractivity contribution is -0.125. The van der Waals surface area contributed by atoms with Gasteiger partial charge in [-0.2, -0.15) is 0 Å². The second-order valence-corrected chi connectivity index (χ2v) is 5.15. The Balaban J connectivity index is 0.000000595. The molecule has 2 bridgehead atoms. The fourth-order valence-corrected chi connectivity index (χ4v) is 2.51. The zero-order chi connectivity index (χ0) is 16.8. The van der Waals surface area contributed by atoms with Gasteiger partial charge >= 0.3 is 0 Å². The summed E-state index contributed by atoms with van der Waals surface area (Å²) in [6.45, 7) is 1.07. The summed E-state index contributed by atoms with van der Waals surface area (Å²) in [4.78, 5) is 37.8. The average Bonchev–Trinajstić information content (AvgIpc) is 2.76. The van der Waals surface area contributed by atoms with Crippen LogP contribution in [0.4, 0.5) is 4.39 Å². The number of nitrogens with zero attached hydrogens (tertiary/aromatic N) is 2. The number of ether oxygens (including phenoxy) is 1. The van der Waals surface area contributed by atoms with Crippen LogP contribution in [0.2, 0.25) is 0 Å². The van der Waals surface area contributed by atoms with Crippen LogP contribution >= 0.6 is 0 Å². The van der Waals surface area contributed by atoms with Crippen LogP contribution in [-0.4, -0.2) is 65.6 Å². The second kappa shape index (κ2) is 7.63. The van der Waals surface area contributed by atoms with E-state index in [9.17, 15) is 14.0 Å². The van der Waals surface area contributed by atoms with E-state index in [-0.39, 0.29) is 42.4 Å². The van der Waals surface area contributed by atoms with Gasteiger partial charge in [0.05, 0.1) is 36.9 Å². The molecular weight excluding hydrogens is 309 g/mol. The minimum atomic E-state index is -0.552. The molecule has 2 N–H and O–H groups in total. The van der Waals surface area contributed by atoms with Crippen LogP contribution in [-0.2, 0) is 14.3 Å². The SMILES string of the molecule is O=C1N[C@@H]2COC[C@H]1CN(C(=O)c1cncc(F)c1)C2.O=CO. The van der Waals surface area contributed by atoms with Gasteiger partial charge in [-0.05, 0) is 6.07 Å². The third-order valence-corrected chi connectivity index (χ3v) is 3.48. The van der Waals surface area contributed by atoms with Gasteiger partial charge in [-0.3, -0.25) is 19.4 Å². The zero-order valence-corrected chi connectivity index (χ0v) is 12.1. The molecule has 0 radical (unpaired) electrons. The summed E-state index contributed by atoms with van der Waals surface area (Å²) < 4.78 is 18.5. The number of carbonyl (C=O) groups excluding carboxylic acids is 2. The molecule has 3 heterocycles. The summed E-state index contributed by atoms with van der Waals surface area (Å²) in [7, 11) is 0. The summed E-state index contributed by atoms with van der Waals surface area (Å²) >= 11 is 0. The van der Waals surface area contributed by atoms with Crippen molar-refractivity contribution in [2.75, 3.05) is 26.3 Å². The van der Waals surface area contributed by atoms with Crippen LogP contribution in [0.15, 0.2) is 18.5 Å². The highest BCUT2D eigenvalue weighted by Gasteiger charge is 2.35. The maximum absolute atomic E-state index is 13.1. The largest absolute Gasteiger partial charge is 0.483 e. The Bertz CT molecular complexity index is 598. The van der Waals surface area contributed by atoms with Crippen LogP contribution in [0, 0.1) is 11.7 Å². The number of amides is 2. The third kappa shape index (κ3) is 4.22. The van der Waals surface area contributed by atoms with E-state index in [4.69, 9.17) is 14.6 Å². The number of hydrogen-bond donors (Lipinski definition) is 2. The van der Waals surface area contributed by atoms with Crippen LogP contribution in [0.3, 0.4) is 0 Å². The van der Waals surface area contributed by atoms with Gasteiger partial charge in [0, 0.05) is 19.3 Å². The average molecular weight is 325 g/mol. The first-order valence-electron chi connectivity index (χ1n) is 6.91. The fraction of sp³-hybridized carbons (Fsp3) is 0.429. The molecule has 2 amide bonds. The molecule has 2 aliphatic heterocycles. The van der Waals surface area contributed by atoms with Crippen LogP contribution < -0.4 is 5.32 Å². The molecule has 2 saturated heterocycles. The van der Waals surface area contributed by atoms with Gasteiger partial charge in [0.1, 0.15) is 5.82 Å². The standard InChI is InChI=1S/C13H14FN3O3.CH2O2/c14-10-1-8(2-15-3-10)13(19)17-4-9-6-20-7-11(5-17)16-12(9)18;2-1-3/h1-3,9,11H,4-7H2,(H,16,18);1H,(H,2,3)/t9-,11+;/m1./s1. The Kier molecular flexibility index (Phi) is 5.58. The molecule has 1 aromatic heterocycles. The quantitative estimate of drug-likeness (QED) is 0.674. The van der Waals surface area contributed by atoms with Crippen LogP contribution in [0.5, 0.6) is 0 Å². The molecule has 3 rings (SSSR count). The number of aromatic nitrogens is 1. The predicted octanol–water partition coefficient (Wildman–Crippen LogP) is -0.491. The van der Waals surface area contributed by atoms with Crippen molar-refractivity contribution in [1.82, 2.24) is 15.2 Å². The number of nitrogens with one attached hydrogen (secondary N) is 1. The van der Waals surface area contributed by atoms with Crippen LogP contribution in [0.25, 0.3) is 0 Å². The number of carboxylic acid groups (broad SMARTS) is 1. The van der Waals surface area contributed by atoms with Crippen molar-refractivity contribution >= 4 is 18.3 Å². The van der Waals surface area contributed by atoms with Gasteiger partial charge in [0.25, 0.3) is 12.4 Å². The third-order valence-electron chi connectivity index (χ3n) is 3.48. The highest BCUT2D eigenvalue weighted by molar-refractivity contribution is 5.94. The molecule has 0 saturated carbocycles. The number of carbonyl (C=O) groups is 3. The van der Waals surface area contributed by atoms with E-state index in [1.54, 1.807) is 4.90 Å². The van der Waals surface area contributed by atoms with Crippen molar-refractivity contribution < 1.29 is 28.6 Å². The van der Waals surface area contributed by atoms with Gasteiger partial charge in [-0.1, -0.05) is 0 Å². The number of pyridine rings is 1. The van der Waals surface area contributed by atoms with E-state index >= 15 is 0 Å². The molecule has 0 spiro atoms. The van der Waals surface area contributed by atoms with Gasteiger partial charge in [-0.25, -0.2) is 4.39 Å². The maximum Gasteiger partial charge on any atom is 0.290 e. The van der Waals surface area contributed by atoms with Crippen molar-refractivity contribution in [2.45, 2.75) is 6.04 Å². The summed E-state index contributed by atoms with van der Waals surface area (Å²) in [5, 5.41) is 9.73. The molecule has 23 heavy (non-hydrogen) atoms. The van der Waals surface area contributed by atoms with E-state index < -0.39 is 5.82 Å². The number of halogens is 1. The molecule has 0 unspecified atom stereocenters. The van der Waals surface area contributed by atoms with Gasteiger partial charge in [0.2, 0.25) is 5.91 Å². The van der Waals surface area contributed by atoms with Gasteiger partial charge < -0.3 is 20.1 Å². The van der Waals surface area contributed by atoms with E-state index in [2.05, 4.69) is 10.3 Å². The molecule has 8 nitrogen and oxygen atoms in total. The zero-order valence-electron chi connectivity index (χ0n) is 12.1. The molecule has 2 aliphatic rings. The summed E-state index contributed by atoms with van der Waals surface area (Å²) in [5.41, 5.74) is 0.193. The van der Waals surface area contributed by atoms with Crippen molar-refractivity contribution in [2.24, 2.45) is 5.92 Å². The molecule has 0 aliphatic carbocycles. The highest BCUT2D eigenvalue weighted by atomic mass is 19.1. The molecule has 2 fully saturated rings. The molecule has 2 atom stereocenters. The lowest BCUT2D eigenvalue weighted by Gasteiger charge is -2.27. The summed E-state index contributed by atoms with van der Waals surface area (Å²) in [6, 6.07) is 0.933. The van der Waals surface area contributed by atoms with Gasteiger partial charge in [0.15, 0.2) is 0 Å². The number of hydrogen-bond acceptors (Lipinski definition) is 5. The lowest BCUT2D eigenvalue weighted by Crippen LogP contribution is -2.44. The predicted molar refractivity (Wildman–Crippen MR) is 75.0 cm³/mol. The molecule has 1 aromatic rings. The first-order valence-corrected chi connectivity index (χ1v) is 6.91. The molecule has 124 valence electrons.